The molecule has 0 radical (unpaired) electrons. The van der Waals surface area contributed by atoms with Crippen molar-refractivity contribution in [3.8, 4) is 11.5 Å². The molecular formula is C17H16BrN3O3S. The summed E-state index contributed by atoms with van der Waals surface area (Å²) in [6.45, 7) is 2.06. The number of benzene rings is 2. The topological polar surface area (TPSA) is 85.1 Å². The van der Waals surface area contributed by atoms with Crippen LogP contribution in [-0.2, 0) is 16.4 Å². The quantitative estimate of drug-likeness (QED) is 0.659. The molecule has 0 spiro atoms. The van der Waals surface area contributed by atoms with Crippen LogP contribution in [0.5, 0.6) is 0 Å². The lowest BCUT2D eigenvalue weighted by Gasteiger charge is -2.08. The van der Waals surface area contributed by atoms with Crippen LogP contribution in [0.4, 0.5) is 0 Å². The molecule has 0 bridgehead atoms. The van der Waals surface area contributed by atoms with Crippen molar-refractivity contribution in [3.05, 3.63) is 64.5 Å². The van der Waals surface area contributed by atoms with Crippen molar-refractivity contribution >= 4 is 26.0 Å². The Labute approximate surface area is 154 Å². The van der Waals surface area contributed by atoms with Gasteiger partial charge in [-0.15, -0.1) is 10.2 Å². The van der Waals surface area contributed by atoms with Crippen molar-refractivity contribution in [2.45, 2.75) is 18.2 Å². The maximum atomic E-state index is 12.4. The molecule has 0 saturated carbocycles. The molecule has 0 amide bonds. The fraction of sp³-hybridized carbons (Fsp3) is 0.176. The van der Waals surface area contributed by atoms with E-state index in [0.717, 1.165) is 11.1 Å². The van der Waals surface area contributed by atoms with E-state index in [1.807, 2.05) is 37.3 Å². The van der Waals surface area contributed by atoms with Crippen LogP contribution in [0.2, 0.25) is 0 Å². The van der Waals surface area contributed by atoms with Gasteiger partial charge in [-0.25, -0.2) is 13.1 Å². The molecule has 6 nitrogen and oxygen atoms in total. The molecule has 1 aromatic heterocycles. The van der Waals surface area contributed by atoms with E-state index in [9.17, 15) is 8.42 Å². The normalized spacial score (nSPS) is 11.6. The minimum atomic E-state index is -3.61. The molecule has 0 aliphatic rings. The Morgan fingerprint density at radius 3 is 2.60 bits per heavy atom. The zero-order valence-corrected chi connectivity index (χ0v) is 15.8. The van der Waals surface area contributed by atoms with Gasteiger partial charge in [0, 0.05) is 23.0 Å². The van der Waals surface area contributed by atoms with Crippen LogP contribution in [0, 0.1) is 6.92 Å². The van der Waals surface area contributed by atoms with Gasteiger partial charge < -0.3 is 4.42 Å². The number of nitrogens with zero attached hydrogens (tertiary/aromatic N) is 2. The summed E-state index contributed by atoms with van der Waals surface area (Å²) in [6, 6.07) is 14.5. The Hall–Kier alpha value is -2.03. The third-order valence-electron chi connectivity index (χ3n) is 3.50. The van der Waals surface area contributed by atoms with Crippen molar-refractivity contribution in [2.75, 3.05) is 6.54 Å². The first-order chi connectivity index (χ1) is 12.0. The summed E-state index contributed by atoms with van der Waals surface area (Å²) < 4.78 is 33.4. The number of halogens is 1. The number of sulfonamides is 1. The van der Waals surface area contributed by atoms with Crippen molar-refractivity contribution in [1.82, 2.24) is 14.9 Å². The average molecular weight is 422 g/mol. The first-order valence-corrected chi connectivity index (χ1v) is 9.87. The number of hydrogen-bond acceptors (Lipinski definition) is 5. The van der Waals surface area contributed by atoms with E-state index in [4.69, 9.17) is 4.42 Å². The monoisotopic (exact) mass is 421 g/mol. The van der Waals surface area contributed by atoms with E-state index in [2.05, 4.69) is 30.8 Å². The first kappa shape index (κ1) is 17.8. The third-order valence-corrected chi connectivity index (χ3v) is 5.93. The number of rotatable bonds is 6. The van der Waals surface area contributed by atoms with E-state index in [1.165, 1.54) is 0 Å². The van der Waals surface area contributed by atoms with E-state index in [0.29, 0.717) is 22.7 Å². The summed E-state index contributed by atoms with van der Waals surface area (Å²) in [5.74, 6) is 0.796. The Kier molecular flexibility index (Phi) is 5.31. The molecule has 3 rings (SSSR count). The summed E-state index contributed by atoms with van der Waals surface area (Å²) in [6.07, 6.45) is 0.308. The highest BCUT2D eigenvalue weighted by Crippen LogP contribution is 2.23. The minimum absolute atomic E-state index is 0.166. The second-order valence-electron chi connectivity index (χ2n) is 5.45. The molecule has 3 aromatic rings. The molecule has 130 valence electrons. The molecule has 0 unspecified atom stereocenters. The smallest absolute Gasteiger partial charge is 0.247 e. The average Bonchev–Trinajstić information content (AvgIpc) is 3.04. The summed E-state index contributed by atoms with van der Waals surface area (Å²) in [4.78, 5) is 0.202. The van der Waals surface area contributed by atoms with Crippen LogP contribution < -0.4 is 4.72 Å². The highest BCUT2D eigenvalue weighted by molar-refractivity contribution is 9.10. The van der Waals surface area contributed by atoms with Gasteiger partial charge in [0.25, 0.3) is 0 Å². The van der Waals surface area contributed by atoms with E-state index < -0.39 is 10.0 Å². The van der Waals surface area contributed by atoms with Crippen molar-refractivity contribution in [2.24, 2.45) is 0 Å². The summed E-state index contributed by atoms with van der Waals surface area (Å²) in [7, 11) is -3.61. The second kappa shape index (κ2) is 7.47. The SMILES string of the molecule is Cc1ccc(S(=O)(=O)NCCc2nnc(-c3ccccc3)o2)c(Br)c1. The molecule has 0 fully saturated rings. The van der Waals surface area contributed by atoms with Crippen LogP contribution in [0.1, 0.15) is 11.5 Å². The van der Waals surface area contributed by atoms with Gasteiger partial charge in [0.15, 0.2) is 0 Å². The maximum absolute atomic E-state index is 12.4. The first-order valence-electron chi connectivity index (χ1n) is 7.59. The summed E-state index contributed by atoms with van der Waals surface area (Å²) >= 11 is 3.29. The number of aryl methyl sites for hydroxylation is 1. The molecular weight excluding hydrogens is 406 g/mol. The Bertz CT molecular complexity index is 972. The Morgan fingerprint density at radius 2 is 1.88 bits per heavy atom. The lowest BCUT2D eigenvalue weighted by molar-refractivity contribution is 0.502. The van der Waals surface area contributed by atoms with Crippen LogP contribution in [0.15, 0.2) is 62.3 Å². The molecule has 1 heterocycles. The van der Waals surface area contributed by atoms with E-state index in [1.54, 1.807) is 18.2 Å². The fourth-order valence-electron chi connectivity index (χ4n) is 2.25. The fourth-order valence-corrected chi connectivity index (χ4v) is 4.47. The standard InChI is InChI=1S/C17H16BrN3O3S/c1-12-7-8-15(14(18)11-12)25(22,23)19-10-9-16-20-21-17(24-16)13-5-3-2-4-6-13/h2-8,11,19H,9-10H2,1H3. The summed E-state index contributed by atoms with van der Waals surface area (Å²) in [5.41, 5.74) is 1.80. The molecule has 0 atom stereocenters. The molecule has 8 heteroatoms. The van der Waals surface area contributed by atoms with Gasteiger partial charge in [0.2, 0.25) is 21.8 Å². The Morgan fingerprint density at radius 1 is 1.12 bits per heavy atom. The molecule has 1 N–H and O–H groups in total. The zero-order chi connectivity index (χ0) is 17.9. The molecule has 0 saturated heterocycles. The van der Waals surface area contributed by atoms with Crippen LogP contribution >= 0.6 is 15.9 Å². The van der Waals surface area contributed by atoms with Gasteiger partial charge in [-0.1, -0.05) is 24.3 Å². The molecule has 0 aliphatic heterocycles. The minimum Gasteiger partial charge on any atom is -0.421 e. The number of hydrogen-bond donors (Lipinski definition) is 1. The van der Waals surface area contributed by atoms with Crippen LogP contribution in [-0.4, -0.2) is 25.2 Å². The van der Waals surface area contributed by atoms with E-state index >= 15 is 0 Å². The zero-order valence-electron chi connectivity index (χ0n) is 13.4. The maximum Gasteiger partial charge on any atom is 0.247 e. The lowest BCUT2D eigenvalue weighted by atomic mass is 10.2. The van der Waals surface area contributed by atoms with Crippen LogP contribution in [0.3, 0.4) is 0 Å². The largest absolute Gasteiger partial charge is 0.421 e. The second-order valence-corrected chi connectivity index (χ2v) is 8.04. The van der Waals surface area contributed by atoms with Crippen molar-refractivity contribution in [3.63, 3.8) is 0 Å². The van der Waals surface area contributed by atoms with Gasteiger partial charge in [-0.3, -0.25) is 0 Å². The predicted octanol–water partition coefficient (Wildman–Crippen LogP) is 3.33. The molecule has 0 aliphatic carbocycles. The number of nitrogens with one attached hydrogen (secondary N) is 1. The van der Waals surface area contributed by atoms with Gasteiger partial charge >= 0.3 is 0 Å². The number of aromatic nitrogens is 2. The Balaban J connectivity index is 1.64. The predicted molar refractivity (Wildman–Crippen MR) is 97.5 cm³/mol. The van der Waals surface area contributed by atoms with Crippen molar-refractivity contribution in [1.29, 1.82) is 0 Å². The van der Waals surface area contributed by atoms with Gasteiger partial charge in [-0.2, -0.15) is 0 Å². The van der Waals surface area contributed by atoms with Crippen LogP contribution in [0.25, 0.3) is 11.5 Å². The lowest BCUT2D eigenvalue weighted by Crippen LogP contribution is -2.26. The molecule has 2 aromatic carbocycles. The highest BCUT2D eigenvalue weighted by atomic mass is 79.9. The van der Waals surface area contributed by atoms with Gasteiger partial charge in [-0.05, 0) is 52.7 Å². The molecule has 25 heavy (non-hydrogen) atoms. The van der Waals surface area contributed by atoms with E-state index in [-0.39, 0.29) is 11.4 Å². The summed E-state index contributed by atoms with van der Waals surface area (Å²) in [5, 5.41) is 7.94. The third kappa shape index (κ3) is 4.33. The van der Waals surface area contributed by atoms with Gasteiger partial charge in [0.1, 0.15) is 0 Å². The highest BCUT2D eigenvalue weighted by Gasteiger charge is 2.17. The van der Waals surface area contributed by atoms with Gasteiger partial charge in [0.05, 0.1) is 4.90 Å². The van der Waals surface area contributed by atoms with Crippen molar-refractivity contribution < 1.29 is 12.8 Å².